The number of rotatable bonds is 4. The van der Waals surface area contributed by atoms with E-state index in [4.69, 9.17) is 4.74 Å². The van der Waals surface area contributed by atoms with Gasteiger partial charge in [0.05, 0.1) is 24.2 Å². The molecule has 6 nitrogen and oxygen atoms in total. The van der Waals surface area contributed by atoms with Crippen LogP contribution in [0.4, 0.5) is 0 Å². The Morgan fingerprint density at radius 1 is 1.44 bits per heavy atom. The lowest BCUT2D eigenvalue weighted by Crippen LogP contribution is -2.25. The van der Waals surface area contributed by atoms with Gasteiger partial charge in [-0.3, -0.25) is 9.71 Å². The second-order valence-corrected chi connectivity index (χ2v) is 5.55. The third-order valence-corrected chi connectivity index (χ3v) is 3.88. The van der Waals surface area contributed by atoms with Crippen LogP contribution in [0.15, 0.2) is 34.2 Å². The van der Waals surface area contributed by atoms with Gasteiger partial charge < -0.3 is 9.84 Å². The quantitative estimate of drug-likeness (QED) is 0.788. The summed E-state index contributed by atoms with van der Waals surface area (Å²) in [7, 11) is -2.03. The largest absolute Gasteiger partial charge is 0.389 e. The lowest BCUT2D eigenvalue weighted by atomic mass is 10.2. The van der Waals surface area contributed by atoms with Gasteiger partial charge >= 0.3 is 0 Å². The van der Waals surface area contributed by atoms with Crippen LogP contribution >= 0.6 is 0 Å². The monoisotopic (exact) mass is 270 g/mol. The first-order valence-corrected chi connectivity index (χ1v) is 6.86. The van der Waals surface area contributed by atoms with Crippen LogP contribution in [0.3, 0.4) is 0 Å². The number of hydrogen-bond donors (Lipinski definition) is 2. The van der Waals surface area contributed by atoms with E-state index in [1.807, 2.05) is 0 Å². The molecule has 7 heteroatoms. The predicted octanol–water partition coefficient (Wildman–Crippen LogP) is -0.268. The van der Waals surface area contributed by atoms with Crippen LogP contribution in [0.1, 0.15) is 5.56 Å². The van der Waals surface area contributed by atoms with E-state index in [1.165, 1.54) is 13.2 Å². The molecule has 0 bridgehead atoms. The molecule has 18 heavy (non-hydrogen) atoms. The average molecular weight is 270 g/mol. The van der Waals surface area contributed by atoms with Gasteiger partial charge in [-0.05, 0) is 12.1 Å². The van der Waals surface area contributed by atoms with Gasteiger partial charge in [-0.2, -0.15) is 0 Å². The minimum atomic E-state index is -3.51. The van der Waals surface area contributed by atoms with Crippen molar-refractivity contribution in [2.45, 2.75) is 11.0 Å². The molecule has 1 aliphatic heterocycles. The maximum atomic E-state index is 11.8. The number of benzene rings is 1. The highest BCUT2D eigenvalue weighted by molar-refractivity contribution is 7.90. The normalized spacial score (nSPS) is 20.4. The zero-order valence-electron chi connectivity index (χ0n) is 9.83. The Morgan fingerprint density at radius 3 is 2.89 bits per heavy atom. The van der Waals surface area contributed by atoms with Crippen molar-refractivity contribution in [2.24, 2.45) is 4.99 Å². The van der Waals surface area contributed by atoms with Gasteiger partial charge in [-0.25, -0.2) is 8.42 Å². The number of hydrogen-bond acceptors (Lipinski definition) is 5. The molecule has 1 atom stereocenters. The number of methoxy groups -OCH3 is 1. The van der Waals surface area contributed by atoms with E-state index in [0.717, 1.165) is 0 Å². The number of sulfonamides is 1. The highest BCUT2D eigenvalue weighted by atomic mass is 32.2. The number of nitrogens with one attached hydrogen (secondary N) is 1. The molecule has 2 rings (SSSR count). The fourth-order valence-electron chi connectivity index (χ4n) is 1.69. The van der Waals surface area contributed by atoms with Crippen molar-refractivity contribution in [3.63, 3.8) is 0 Å². The fourth-order valence-corrected chi connectivity index (χ4v) is 2.94. The Hall–Kier alpha value is -1.44. The molecule has 0 saturated carbocycles. The number of nitrogens with zero attached hydrogens (tertiary/aromatic N) is 1. The number of aliphatic hydroxyl groups excluding tert-OH is 1. The number of fused-ring (bicyclic) bond motifs is 1. The van der Waals surface area contributed by atoms with Crippen molar-refractivity contribution in [2.75, 3.05) is 20.3 Å². The standard InChI is InChI=1S/C11H14N2O4S/c1-17-7-8(14)6-12-11-9-4-2-3-5-10(9)18(15,16)13-11/h2-5,8,14H,6-7H2,1H3,(H,12,13)/t8-/m0/s1. The topological polar surface area (TPSA) is 88.0 Å². The summed E-state index contributed by atoms with van der Waals surface area (Å²) in [4.78, 5) is 4.29. The highest BCUT2D eigenvalue weighted by Crippen LogP contribution is 2.22. The van der Waals surface area contributed by atoms with E-state index in [-0.39, 0.29) is 23.9 Å². The summed E-state index contributed by atoms with van der Waals surface area (Å²) in [5.41, 5.74) is 0.530. The zero-order valence-corrected chi connectivity index (χ0v) is 10.6. The smallest absolute Gasteiger partial charge is 0.263 e. The molecule has 0 unspecified atom stereocenters. The summed E-state index contributed by atoms with van der Waals surface area (Å²) < 4.78 is 30.6. The molecular formula is C11H14N2O4S. The summed E-state index contributed by atoms with van der Waals surface area (Å²) in [6.07, 6.45) is -0.750. The lowest BCUT2D eigenvalue weighted by Gasteiger charge is -2.06. The van der Waals surface area contributed by atoms with Gasteiger partial charge in [0.15, 0.2) is 0 Å². The first-order valence-electron chi connectivity index (χ1n) is 5.38. The van der Waals surface area contributed by atoms with Crippen molar-refractivity contribution < 1.29 is 18.3 Å². The predicted molar refractivity (Wildman–Crippen MR) is 66.1 cm³/mol. The van der Waals surface area contributed by atoms with Crippen LogP contribution in [0.25, 0.3) is 0 Å². The summed E-state index contributed by atoms with van der Waals surface area (Å²) in [5, 5.41) is 9.48. The summed E-state index contributed by atoms with van der Waals surface area (Å²) in [5.74, 6) is 0.265. The van der Waals surface area contributed by atoms with Gasteiger partial charge in [0, 0.05) is 12.7 Å². The molecular weight excluding hydrogens is 256 g/mol. The Balaban J connectivity index is 2.25. The summed E-state index contributed by atoms with van der Waals surface area (Å²) >= 11 is 0. The van der Waals surface area contributed by atoms with Crippen LogP contribution in [0, 0.1) is 0 Å². The van der Waals surface area contributed by atoms with Gasteiger partial charge in [0.25, 0.3) is 10.0 Å². The van der Waals surface area contributed by atoms with Crippen LogP contribution in [0.5, 0.6) is 0 Å². The third-order valence-electron chi connectivity index (χ3n) is 2.48. The highest BCUT2D eigenvalue weighted by Gasteiger charge is 2.30. The maximum Gasteiger partial charge on any atom is 0.263 e. The molecule has 0 aromatic heterocycles. The van der Waals surface area contributed by atoms with Gasteiger partial charge in [0.2, 0.25) is 0 Å². The van der Waals surface area contributed by atoms with E-state index in [2.05, 4.69) is 9.71 Å². The van der Waals surface area contributed by atoms with Crippen LogP contribution < -0.4 is 4.72 Å². The fraction of sp³-hybridized carbons (Fsp3) is 0.364. The zero-order chi connectivity index (χ0) is 13.2. The molecule has 2 N–H and O–H groups in total. The summed E-state index contributed by atoms with van der Waals surface area (Å²) in [6, 6.07) is 6.59. The molecule has 0 saturated heterocycles. The molecule has 1 heterocycles. The number of ether oxygens (including phenoxy) is 1. The Bertz CT molecular complexity index is 568. The van der Waals surface area contributed by atoms with E-state index >= 15 is 0 Å². The first-order chi connectivity index (χ1) is 8.54. The second-order valence-electron chi connectivity index (χ2n) is 3.90. The molecule has 0 aliphatic carbocycles. The molecule has 0 fully saturated rings. The van der Waals surface area contributed by atoms with Crippen LogP contribution in [-0.2, 0) is 14.8 Å². The van der Waals surface area contributed by atoms with E-state index in [0.29, 0.717) is 5.56 Å². The van der Waals surface area contributed by atoms with Crippen molar-refractivity contribution in [1.82, 2.24) is 4.72 Å². The number of aliphatic imine (C=N–C) groups is 1. The minimum Gasteiger partial charge on any atom is -0.389 e. The Kier molecular flexibility index (Phi) is 3.65. The maximum absolute atomic E-state index is 11.8. The molecule has 1 aromatic rings. The molecule has 98 valence electrons. The minimum absolute atomic E-state index is 0.0834. The van der Waals surface area contributed by atoms with Gasteiger partial charge in [-0.15, -0.1) is 0 Å². The van der Waals surface area contributed by atoms with Gasteiger partial charge in [-0.1, -0.05) is 12.1 Å². The van der Waals surface area contributed by atoms with Crippen LogP contribution in [-0.4, -0.2) is 45.7 Å². The van der Waals surface area contributed by atoms with Crippen molar-refractivity contribution >= 4 is 15.9 Å². The van der Waals surface area contributed by atoms with E-state index in [9.17, 15) is 13.5 Å². The third kappa shape index (κ3) is 2.53. The molecule has 1 aromatic carbocycles. The van der Waals surface area contributed by atoms with Gasteiger partial charge in [0.1, 0.15) is 5.84 Å². The average Bonchev–Trinajstić information content (AvgIpc) is 2.60. The van der Waals surface area contributed by atoms with Crippen molar-refractivity contribution in [3.05, 3.63) is 29.8 Å². The summed E-state index contributed by atoms with van der Waals surface area (Å²) in [6.45, 7) is 0.241. The Morgan fingerprint density at radius 2 is 2.17 bits per heavy atom. The van der Waals surface area contributed by atoms with Crippen molar-refractivity contribution in [3.8, 4) is 0 Å². The Labute approximate surface area is 105 Å². The molecule has 1 aliphatic rings. The van der Waals surface area contributed by atoms with E-state index in [1.54, 1.807) is 18.2 Å². The first kappa shape index (κ1) is 13.0. The molecule has 0 spiro atoms. The van der Waals surface area contributed by atoms with Crippen LogP contribution in [0.2, 0.25) is 0 Å². The second kappa shape index (κ2) is 5.05. The van der Waals surface area contributed by atoms with E-state index < -0.39 is 16.1 Å². The SMILES string of the molecule is COC[C@@H](O)CN=C1NS(=O)(=O)c2ccccc21. The number of aliphatic hydroxyl groups is 1. The molecule has 0 radical (unpaired) electrons. The van der Waals surface area contributed by atoms with Crippen molar-refractivity contribution in [1.29, 1.82) is 0 Å². The number of amidine groups is 1. The molecule has 0 amide bonds. The lowest BCUT2D eigenvalue weighted by molar-refractivity contribution is 0.0705.